The summed E-state index contributed by atoms with van der Waals surface area (Å²) in [6, 6.07) is 28.2. The molecule has 0 radical (unpaired) electrons. The van der Waals surface area contributed by atoms with Gasteiger partial charge in [0.15, 0.2) is 0 Å². The highest BCUT2D eigenvalue weighted by atomic mass is 35.5. The van der Waals surface area contributed by atoms with E-state index in [0.29, 0.717) is 0 Å². The fourth-order valence-corrected chi connectivity index (χ4v) is 6.59. The van der Waals surface area contributed by atoms with Gasteiger partial charge in [-0.2, -0.15) is 0 Å². The molecule has 0 saturated heterocycles. The first-order chi connectivity index (χ1) is 13.3. The van der Waals surface area contributed by atoms with Crippen molar-refractivity contribution in [3.05, 3.63) is 83.9 Å². The molecule has 0 bridgehead atoms. The molecule has 6 aromatic rings. The molecule has 6 rings (SSSR count). The van der Waals surface area contributed by atoms with Gasteiger partial charge in [-0.05, 0) is 35.4 Å². The van der Waals surface area contributed by atoms with Crippen molar-refractivity contribution in [3.63, 3.8) is 0 Å². The van der Waals surface area contributed by atoms with Crippen LogP contribution in [0.15, 0.2) is 78.9 Å². The normalized spacial score (nSPS) is 11.9. The molecule has 128 valence electrons. The Morgan fingerprint density at radius 2 is 1.11 bits per heavy atom. The third kappa shape index (κ3) is 2.21. The first-order valence-corrected chi connectivity index (χ1v) is 10.8. The van der Waals surface area contributed by atoms with Crippen molar-refractivity contribution in [2.75, 3.05) is 0 Å². The van der Waals surface area contributed by atoms with Crippen LogP contribution < -0.4 is 0 Å². The van der Waals surface area contributed by atoms with Crippen LogP contribution in [0.5, 0.6) is 0 Å². The summed E-state index contributed by atoms with van der Waals surface area (Å²) in [5, 5.41) is 6.07. The van der Waals surface area contributed by atoms with Crippen molar-refractivity contribution in [1.82, 2.24) is 0 Å². The Bertz CT molecular complexity index is 1490. The zero-order valence-electron chi connectivity index (χ0n) is 14.2. The first-order valence-electron chi connectivity index (χ1n) is 8.81. The standard InChI is InChI=1S/C24H13ClS2/c25-18-10-3-9-17-23-15(8-5-13-21(23)27-24(17)18)14-7-4-12-20-22(14)16-6-1-2-11-19(16)26-20/h1-13H. The molecule has 0 nitrogen and oxygen atoms in total. The molecule has 2 heterocycles. The van der Waals surface area contributed by atoms with Gasteiger partial charge in [0.05, 0.1) is 9.72 Å². The molecule has 3 heteroatoms. The lowest BCUT2D eigenvalue weighted by Crippen LogP contribution is -1.81. The Balaban J connectivity index is 1.81. The number of halogens is 1. The third-order valence-electron chi connectivity index (χ3n) is 5.17. The summed E-state index contributed by atoms with van der Waals surface area (Å²) >= 11 is 10.1. The maximum atomic E-state index is 6.49. The van der Waals surface area contributed by atoms with Crippen LogP contribution in [0.3, 0.4) is 0 Å². The van der Waals surface area contributed by atoms with Crippen molar-refractivity contribution in [2.24, 2.45) is 0 Å². The molecule has 0 aliphatic carbocycles. The molecular weight excluding hydrogens is 388 g/mol. The summed E-state index contributed by atoms with van der Waals surface area (Å²) in [7, 11) is 0. The smallest absolute Gasteiger partial charge is 0.0584 e. The third-order valence-corrected chi connectivity index (χ3v) is 7.93. The summed E-state index contributed by atoms with van der Waals surface area (Å²) < 4.78 is 5.13. The second-order valence-electron chi connectivity index (χ2n) is 6.67. The monoisotopic (exact) mass is 400 g/mol. The maximum Gasteiger partial charge on any atom is 0.0584 e. The Morgan fingerprint density at radius 1 is 0.519 bits per heavy atom. The van der Waals surface area contributed by atoms with Crippen molar-refractivity contribution in [3.8, 4) is 11.1 Å². The lowest BCUT2D eigenvalue weighted by atomic mass is 9.95. The van der Waals surface area contributed by atoms with Crippen LogP contribution in [0.1, 0.15) is 0 Å². The highest BCUT2D eigenvalue weighted by Crippen LogP contribution is 2.46. The van der Waals surface area contributed by atoms with Gasteiger partial charge >= 0.3 is 0 Å². The van der Waals surface area contributed by atoms with Gasteiger partial charge in [0.1, 0.15) is 0 Å². The van der Waals surface area contributed by atoms with Gasteiger partial charge in [-0.1, -0.05) is 66.2 Å². The number of hydrogen-bond donors (Lipinski definition) is 0. The van der Waals surface area contributed by atoms with E-state index in [1.165, 1.54) is 51.5 Å². The lowest BCUT2D eigenvalue weighted by Gasteiger charge is -2.07. The molecule has 0 fully saturated rings. The van der Waals surface area contributed by atoms with Crippen LogP contribution in [0.4, 0.5) is 0 Å². The van der Waals surface area contributed by atoms with Crippen LogP contribution in [0.2, 0.25) is 5.02 Å². The fourth-order valence-electron chi connectivity index (χ4n) is 4.04. The summed E-state index contributed by atoms with van der Waals surface area (Å²) in [6.07, 6.45) is 0. The largest absolute Gasteiger partial charge is 0.135 e. The van der Waals surface area contributed by atoms with Crippen molar-refractivity contribution >= 4 is 74.6 Å². The number of fused-ring (bicyclic) bond motifs is 6. The highest BCUT2D eigenvalue weighted by molar-refractivity contribution is 7.26. The van der Waals surface area contributed by atoms with Crippen LogP contribution in [0.25, 0.3) is 51.5 Å². The van der Waals surface area contributed by atoms with Crippen LogP contribution >= 0.6 is 34.3 Å². The van der Waals surface area contributed by atoms with E-state index >= 15 is 0 Å². The predicted octanol–water partition coefficient (Wildman–Crippen LogP) is 8.74. The number of hydrogen-bond acceptors (Lipinski definition) is 2. The zero-order valence-corrected chi connectivity index (χ0v) is 16.6. The second-order valence-corrected chi connectivity index (χ2v) is 9.22. The van der Waals surface area contributed by atoms with E-state index in [9.17, 15) is 0 Å². The molecule has 0 spiro atoms. The molecular formula is C24H13ClS2. The molecule has 0 amide bonds. The van der Waals surface area contributed by atoms with E-state index in [0.717, 1.165) is 5.02 Å². The van der Waals surface area contributed by atoms with E-state index in [4.69, 9.17) is 11.6 Å². The minimum absolute atomic E-state index is 0.832. The van der Waals surface area contributed by atoms with E-state index in [1.54, 1.807) is 11.3 Å². The fraction of sp³-hybridized carbons (Fsp3) is 0. The summed E-state index contributed by atoms with van der Waals surface area (Å²) in [5.41, 5.74) is 2.59. The molecule has 27 heavy (non-hydrogen) atoms. The van der Waals surface area contributed by atoms with Gasteiger partial charge in [-0.25, -0.2) is 0 Å². The Labute approximate surface area is 169 Å². The Hall–Kier alpha value is -2.39. The molecule has 2 aromatic heterocycles. The minimum Gasteiger partial charge on any atom is -0.135 e. The van der Waals surface area contributed by atoms with Gasteiger partial charge in [0, 0.05) is 35.6 Å². The lowest BCUT2D eigenvalue weighted by molar-refractivity contribution is 1.75. The van der Waals surface area contributed by atoms with E-state index in [-0.39, 0.29) is 0 Å². The Kier molecular flexibility index (Phi) is 3.36. The minimum atomic E-state index is 0.832. The predicted molar refractivity (Wildman–Crippen MR) is 123 cm³/mol. The van der Waals surface area contributed by atoms with Gasteiger partial charge in [-0.15, -0.1) is 22.7 Å². The summed E-state index contributed by atoms with van der Waals surface area (Å²) in [6.45, 7) is 0. The topological polar surface area (TPSA) is 0 Å². The first kappa shape index (κ1) is 15.6. The van der Waals surface area contributed by atoms with Gasteiger partial charge < -0.3 is 0 Å². The molecule has 0 saturated carbocycles. The second kappa shape index (κ2) is 5.80. The number of rotatable bonds is 1. The number of thiophene rings is 2. The van der Waals surface area contributed by atoms with Gasteiger partial charge in [0.25, 0.3) is 0 Å². The SMILES string of the molecule is Clc1cccc2c1sc1cccc(-c3cccc4sc5ccccc5c34)c12. The molecule has 0 atom stereocenters. The maximum absolute atomic E-state index is 6.49. The summed E-state index contributed by atoms with van der Waals surface area (Å²) in [4.78, 5) is 0. The molecule has 4 aromatic carbocycles. The van der Waals surface area contributed by atoms with Crippen LogP contribution in [-0.4, -0.2) is 0 Å². The quantitative estimate of drug-likeness (QED) is 0.259. The van der Waals surface area contributed by atoms with Gasteiger partial charge in [0.2, 0.25) is 0 Å². The van der Waals surface area contributed by atoms with Crippen molar-refractivity contribution in [2.45, 2.75) is 0 Å². The molecule has 0 unspecified atom stereocenters. The molecule has 0 N–H and O–H groups in total. The summed E-state index contributed by atoms with van der Waals surface area (Å²) in [5.74, 6) is 0. The van der Waals surface area contributed by atoms with E-state index in [2.05, 4.69) is 66.7 Å². The van der Waals surface area contributed by atoms with Crippen LogP contribution in [-0.2, 0) is 0 Å². The number of benzene rings is 4. The Morgan fingerprint density at radius 3 is 1.93 bits per heavy atom. The average molecular weight is 401 g/mol. The molecule has 0 aliphatic heterocycles. The zero-order chi connectivity index (χ0) is 18.0. The van der Waals surface area contributed by atoms with Gasteiger partial charge in [-0.3, -0.25) is 0 Å². The van der Waals surface area contributed by atoms with E-state index < -0.39 is 0 Å². The highest BCUT2D eigenvalue weighted by Gasteiger charge is 2.16. The van der Waals surface area contributed by atoms with Crippen molar-refractivity contribution in [1.29, 1.82) is 0 Å². The average Bonchev–Trinajstić information content (AvgIpc) is 3.27. The molecule has 0 aliphatic rings. The van der Waals surface area contributed by atoms with E-state index in [1.807, 2.05) is 23.5 Å². The van der Waals surface area contributed by atoms with Crippen LogP contribution in [0, 0.1) is 0 Å². The van der Waals surface area contributed by atoms with Crippen molar-refractivity contribution < 1.29 is 0 Å².